The van der Waals surface area contributed by atoms with E-state index in [2.05, 4.69) is 20.9 Å². The number of hydrogen-bond donors (Lipinski definition) is 4. The maximum atomic E-state index is 13.5. The summed E-state index contributed by atoms with van der Waals surface area (Å²) in [6, 6.07) is 6.65. The summed E-state index contributed by atoms with van der Waals surface area (Å²) in [7, 11) is 1.41. The number of nitrogens with one attached hydrogen (secondary N) is 3. The molecule has 1 aliphatic heterocycles. The Balaban J connectivity index is 1.61. The first-order chi connectivity index (χ1) is 20.6. The van der Waals surface area contributed by atoms with Gasteiger partial charge in [-0.25, -0.2) is 9.37 Å². The number of fused-ring (bicyclic) bond motifs is 1. The molecule has 1 aromatic carbocycles. The van der Waals surface area contributed by atoms with Crippen molar-refractivity contribution in [3.63, 3.8) is 0 Å². The van der Waals surface area contributed by atoms with Gasteiger partial charge in [-0.05, 0) is 68.2 Å². The molecule has 1 amide bonds. The number of aliphatic hydroxyl groups excluding tert-OH is 1. The predicted octanol–water partition coefficient (Wildman–Crippen LogP) is 5.24. The van der Waals surface area contributed by atoms with Gasteiger partial charge in [-0.2, -0.15) is 13.2 Å². The fraction of sp³-hybridized carbons (Fsp3) is 0.625. The van der Waals surface area contributed by atoms with E-state index in [0.29, 0.717) is 29.8 Å². The predicted molar refractivity (Wildman–Crippen MR) is 159 cm³/mol. The van der Waals surface area contributed by atoms with E-state index in [-0.39, 0.29) is 30.2 Å². The zero-order valence-electron chi connectivity index (χ0n) is 26.0. The first-order valence-electron chi connectivity index (χ1n) is 15.1. The Hall–Kier alpha value is -2.96. The molecule has 244 valence electrons. The lowest BCUT2D eigenvalue weighted by atomic mass is 9.72. The van der Waals surface area contributed by atoms with Crippen LogP contribution in [0.1, 0.15) is 76.2 Å². The number of benzene rings is 1. The zero-order chi connectivity index (χ0) is 32.3. The number of amides is 1. The Morgan fingerprint density at radius 2 is 1.89 bits per heavy atom. The molecular formula is C32H44F4N4O4. The van der Waals surface area contributed by atoms with Gasteiger partial charge < -0.3 is 30.5 Å². The quantitative estimate of drug-likeness (QED) is 0.240. The minimum absolute atomic E-state index is 0.0624. The second kappa shape index (κ2) is 13.6. The summed E-state index contributed by atoms with van der Waals surface area (Å²) in [5.41, 5.74) is 1.34. The van der Waals surface area contributed by atoms with Crippen molar-refractivity contribution in [1.82, 2.24) is 15.6 Å². The molecule has 1 saturated carbocycles. The third-order valence-electron chi connectivity index (χ3n) is 8.21. The third-order valence-corrected chi connectivity index (χ3v) is 8.21. The van der Waals surface area contributed by atoms with Crippen LogP contribution in [0.3, 0.4) is 0 Å². The molecule has 1 spiro atoms. The highest BCUT2D eigenvalue weighted by atomic mass is 19.4. The van der Waals surface area contributed by atoms with Crippen molar-refractivity contribution >= 4 is 11.7 Å². The Labute approximate surface area is 256 Å². The second-order valence-electron chi connectivity index (χ2n) is 13.3. The van der Waals surface area contributed by atoms with Crippen molar-refractivity contribution in [3.8, 4) is 5.75 Å². The minimum Gasteiger partial charge on any atom is -0.483 e. The number of nitrogens with zero attached hydrogens (tertiary/aromatic N) is 1. The van der Waals surface area contributed by atoms with Crippen LogP contribution >= 0.6 is 0 Å². The highest BCUT2D eigenvalue weighted by Crippen LogP contribution is 2.51. The lowest BCUT2D eigenvalue weighted by molar-refractivity contribution is -0.131. The van der Waals surface area contributed by atoms with Gasteiger partial charge in [-0.1, -0.05) is 32.9 Å². The molecule has 2 aliphatic rings. The Bertz CT molecular complexity index is 1280. The molecule has 0 radical (unpaired) electrons. The molecule has 2 aromatic rings. The van der Waals surface area contributed by atoms with Crippen molar-refractivity contribution in [2.24, 2.45) is 5.41 Å². The van der Waals surface area contributed by atoms with Gasteiger partial charge in [0.1, 0.15) is 24.1 Å². The van der Waals surface area contributed by atoms with E-state index >= 15 is 0 Å². The number of aromatic nitrogens is 1. The summed E-state index contributed by atoms with van der Waals surface area (Å²) in [6.45, 7) is 6.51. The molecule has 1 aliphatic carbocycles. The maximum absolute atomic E-state index is 13.5. The molecule has 4 atom stereocenters. The van der Waals surface area contributed by atoms with E-state index in [4.69, 9.17) is 9.47 Å². The molecule has 8 nitrogen and oxygen atoms in total. The molecule has 0 unspecified atom stereocenters. The van der Waals surface area contributed by atoms with E-state index in [1.54, 1.807) is 19.1 Å². The highest BCUT2D eigenvalue weighted by molar-refractivity contribution is 5.80. The van der Waals surface area contributed by atoms with Crippen LogP contribution in [0.4, 0.5) is 23.4 Å². The van der Waals surface area contributed by atoms with Crippen LogP contribution in [0.2, 0.25) is 0 Å². The molecule has 4 N–H and O–H groups in total. The van der Waals surface area contributed by atoms with Crippen LogP contribution < -0.4 is 20.7 Å². The molecule has 0 saturated heterocycles. The largest absolute Gasteiger partial charge is 0.483 e. The first-order valence-corrected chi connectivity index (χ1v) is 15.1. The van der Waals surface area contributed by atoms with Crippen LogP contribution in [0.5, 0.6) is 5.75 Å². The zero-order valence-corrected chi connectivity index (χ0v) is 26.0. The van der Waals surface area contributed by atoms with Gasteiger partial charge in [0, 0.05) is 37.4 Å². The summed E-state index contributed by atoms with van der Waals surface area (Å²) in [5.74, 6) is -0.429. The number of pyridine rings is 1. The summed E-state index contributed by atoms with van der Waals surface area (Å²) in [4.78, 5) is 17.3. The number of rotatable bonds is 12. The van der Waals surface area contributed by atoms with Gasteiger partial charge in [0.05, 0.1) is 12.1 Å². The van der Waals surface area contributed by atoms with Crippen LogP contribution in [0.15, 0.2) is 30.3 Å². The number of carbonyl (C=O) groups excluding carboxylic acids is 1. The minimum atomic E-state index is -4.44. The molecule has 2 heterocycles. The van der Waals surface area contributed by atoms with Crippen molar-refractivity contribution in [1.29, 1.82) is 0 Å². The Morgan fingerprint density at radius 1 is 1.20 bits per heavy atom. The molecule has 12 heteroatoms. The number of alkyl halides is 3. The second-order valence-corrected chi connectivity index (χ2v) is 13.3. The van der Waals surface area contributed by atoms with E-state index in [1.165, 1.54) is 19.2 Å². The lowest BCUT2D eigenvalue weighted by Gasteiger charge is -2.48. The van der Waals surface area contributed by atoms with E-state index in [1.807, 2.05) is 26.8 Å². The standard InChI is InChI=1S/C32H44F4N4O4/c1-19(43-5)29(42)40-24(13-20-7-9-21(33)10-8-20)26(41)17-37-25-16-31(11-6-12-31)44-27-23(25)14-22(15-30(2,3)4)39-28(27)38-18-32(34,35)36/h7-10,14,19,24-26,37,41H,6,11-13,15-18H2,1-5H3,(H,38,39)(H,40,42)/t19-,24+,25+,26-/m1/s1. The van der Waals surface area contributed by atoms with Gasteiger partial charge in [-0.15, -0.1) is 0 Å². The summed E-state index contributed by atoms with van der Waals surface area (Å²) >= 11 is 0. The van der Waals surface area contributed by atoms with Gasteiger partial charge in [-0.3, -0.25) is 4.79 Å². The lowest BCUT2D eigenvalue weighted by Crippen LogP contribution is -2.53. The molecule has 1 fully saturated rings. The number of ether oxygens (including phenoxy) is 2. The average Bonchev–Trinajstić information content (AvgIpc) is 2.92. The smallest absolute Gasteiger partial charge is 0.405 e. The fourth-order valence-corrected chi connectivity index (χ4v) is 5.68. The van der Waals surface area contributed by atoms with Gasteiger partial charge >= 0.3 is 6.18 Å². The van der Waals surface area contributed by atoms with Gasteiger partial charge in [0.15, 0.2) is 11.6 Å². The van der Waals surface area contributed by atoms with Crippen LogP contribution in [0.25, 0.3) is 0 Å². The number of carbonyl (C=O) groups is 1. The number of halogens is 4. The Kier molecular flexibility index (Phi) is 10.5. The maximum Gasteiger partial charge on any atom is 0.405 e. The number of methoxy groups -OCH3 is 1. The highest BCUT2D eigenvalue weighted by Gasteiger charge is 2.47. The van der Waals surface area contributed by atoms with Crippen molar-refractivity contribution in [3.05, 3.63) is 53.0 Å². The van der Waals surface area contributed by atoms with E-state index < -0.39 is 48.3 Å². The normalized spacial score (nSPS) is 19.7. The van der Waals surface area contributed by atoms with Crippen LogP contribution in [-0.2, 0) is 22.4 Å². The molecule has 1 aromatic heterocycles. The summed E-state index contributed by atoms with van der Waals surface area (Å²) < 4.78 is 64.8. The number of anilines is 1. The molecular weight excluding hydrogens is 580 g/mol. The van der Waals surface area contributed by atoms with E-state index in [9.17, 15) is 27.5 Å². The van der Waals surface area contributed by atoms with Crippen molar-refractivity contribution in [2.75, 3.05) is 25.5 Å². The molecule has 0 bridgehead atoms. The summed E-state index contributed by atoms with van der Waals surface area (Å²) in [6.07, 6.45) is -2.45. The SMILES string of the molecule is CO[C@H](C)C(=O)N[C@@H](Cc1ccc(F)cc1)[C@H](O)CN[C@H]1CC2(CCC2)Oc2c1cc(CC(C)(C)C)nc2NCC(F)(F)F. The third kappa shape index (κ3) is 9.04. The van der Waals surface area contributed by atoms with Gasteiger partial charge in [0.2, 0.25) is 5.91 Å². The molecule has 44 heavy (non-hydrogen) atoms. The Morgan fingerprint density at radius 3 is 2.45 bits per heavy atom. The van der Waals surface area contributed by atoms with Crippen LogP contribution in [0, 0.1) is 11.2 Å². The van der Waals surface area contributed by atoms with Crippen molar-refractivity contribution < 1.29 is 36.9 Å². The number of hydrogen-bond acceptors (Lipinski definition) is 7. The van der Waals surface area contributed by atoms with Crippen molar-refractivity contribution in [2.45, 2.75) is 102 Å². The first kappa shape index (κ1) is 33.9. The van der Waals surface area contributed by atoms with Crippen LogP contribution in [-0.4, -0.2) is 66.2 Å². The monoisotopic (exact) mass is 624 g/mol. The van der Waals surface area contributed by atoms with Gasteiger partial charge in [0.25, 0.3) is 0 Å². The average molecular weight is 625 g/mol. The fourth-order valence-electron chi connectivity index (χ4n) is 5.68. The topological polar surface area (TPSA) is 105 Å². The van der Waals surface area contributed by atoms with E-state index in [0.717, 1.165) is 24.8 Å². The number of aliphatic hydroxyl groups is 1. The molecule has 4 rings (SSSR count). The summed E-state index contributed by atoms with van der Waals surface area (Å²) in [5, 5.41) is 20.1.